The van der Waals surface area contributed by atoms with Gasteiger partial charge in [0.2, 0.25) is 11.8 Å². The number of hydrogen-bond acceptors (Lipinski definition) is 5. The van der Waals surface area contributed by atoms with Crippen LogP contribution in [0.4, 0.5) is 0 Å². The van der Waals surface area contributed by atoms with Crippen LogP contribution in [0.25, 0.3) is 0 Å². The van der Waals surface area contributed by atoms with E-state index in [1.165, 1.54) is 18.7 Å². The smallest absolute Gasteiger partial charge is 0.333 e. The van der Waals surface area contributed by atoms with Crippen molar-refractivity contribution in [3.63, 3.8) is 0 Å². The second-order valence-corrected chi connectivity index (χ2v) is 5.26. The van der Waals surface area contributed by atoms with Gasteiger partial charge in [-0.25, -0.2) is 4.79 Å². The zero-order valence-electron chi connectivity index (χ0n) is 12.6. The molecule has 0 spiro atoms. The molecule has 2 N–H and O–H groups in total. The molecular weight excluding hydrogens is 296 g/mol. The molecule has 1 aliphatic heterocycles. The molecule has 3 rings (SSSR count). The molecule has 0 fully saturated rings. The highest BCUT2D eigenvalue weighted by atomic mass is 16.5. The summed E-state index contributed by atoms with van der Waals surface area (Å²) in [5.74, 6) is -0.698. The van der Waals surface area contributed by atoms with E-state index in [2.05, 4.69) is 0 Å². The second kappa shape index (κ2) is 5.18. The third-order valence-electron chi connectivity index (χ3n) is 3.95. The fourth-order valence-electron chi connectivity index (χ4n) is 2.77. The van der Waals surface area contributed by atoms with Gasteiger partial charge in [0.25, 0.3) is 5.56 Å². The summed E-state index contributed by atoms with van der Waals surface area (Å²) in [6, 6.07) is 11.1. The Morgan fingerprint density at radius 3 is 2.43 bits per heavy atom. The van der Waals surface area contributed by atoms with Crippen LogP contribution in [0.15, 0.2) is 51.4 Å². The van der Waals surface area contributed by atoms with Crippen molar-refractivity contribution in [1.29, 1.82) is 5.26 Å². The molecule has 7 heteroatoms. The maximum atomic E-state index is 12.6. The quantitative estimate of drug-likeness (QED) is 0.816. The van der Waals surface area contributed by atoms with E-state index in [0.717, 1.165) is 10.1 Å². The maximum absolute atomic E-state index is 12.6. The molecule has 0 aliphatic carbocycles. The Balaban J connectivity index is 2.43. The minimum atomic E-state index is -0.671. The third kappa shape index (κ3) is 2.04. The zero-order chi connectivity index (χ0) is 16.7. The van der Waals surface area contributed by atoms with Crippen molar-refractivity contribution < 1.29 is 4.74 Å². The molecule has 1 aromatic carbocycles. The summed E-state index contributed by atoms with van der Waals surface area (Å²) in [6.07, 6.45) is 0. The molecule has 23 heavy (non-hydrogen) atoms. The minimum absolute atomic E-state index is 0.0726. The molecule has 0 bridgehead atoms. The summed E-state index contributed by atoms with van der Waals surface area (Å²) in [5, 5.41) is 9.46. The number of rotatable bonds is 1. The van der Waals surface area contributed by atoms with Crippen LogP contribution >= 0.6 is 0 Å². The first-order valence-electron chi connectivity index (χ1n) is 6.89. The molecule has 0 saturated carbocycles. The van der Waals surface area contributed by atoms with E-state index in [-0.39, 0.29) is 22.9 Å². The molecule has 2 aromatic rings. The van der Waals surface area contributed by atoms with Gasteiger partial charge in [0.05, 0.1) is 11.5 Å². The standard InChI is InChI=1S/C16H14N4O3/c1-19-14(21)12-11(9-6-4-3-5-7-9)10(8-17)13(18)23-15(12)20(2)16(19)22/h3-7,11H,18H2,1-2H3/t11-/m0/s1. The first-order chi connectivity index (χ1) is 11.0. The van der Waals surface area contributed by atoms with Crippen LogP contribution in [0.1, 0.15) is 17.0 Å². The number of nitriles is 1. The normalized spacial score (nSPS) is 16.5. The summed E-state index contributed by atoms with van der Waals surface area (Å²) >= 11 is 0. The van der Waals surface area contributed by atoms with Gasteiger partial charge in [-0.05, 0) is 5.56 Å². The van der Waals surface area contributed by atoms with Crippen LogP contribution in [0.3, 0.4) is 0 Å². The van der Waals surface area contributed by atoms with E-state index < -0.39 is 17.2 Å². The number of nitrogens with two attached hydrogens (primary N) is 1. The van der Waals surface area contributed by atoms with Crippen LogP contribution in [0, 0.1) is 11.3 Å². The van der Waals surface area contributed by atoms with Crippen LogP contribution in [-0.2, 0) is 14.1 Å². The molecule has 116 valence electrons. The van der Waals surface area contributed by atoms with Crippen molar-refractivity contribution in [2.75, 3.05) is 0 Å². The number of allylic oxidation sites excluding steroid dienone is 1. The fourth-order valence-corrected chi connectivity index (χ4v) is 2.77. The largest absolute Gasteiger partial charge is 0.423 e. The van der Waals surface area contributed by atoms with E-state index in [1.807, 2.05) is 24.3 Å². The number of hydrogen-bond donors (Lipinski definition) is 1. The van der Waals surface area contributed by atoms with Gasteiger partial charge < -0.3 is 10.5 Å². The van der Waals surface area contributed by atoms with Gasteiger partial charge in [-0.2, -0.15) is 5.26 Å². The number of benzene rings is 1. The summed E-state index contributed by atoms with van der Waals surface area (Å²) in [7, 11) is 2.88. The predicted molar refractivity (Wildman–Crippen MR) is 82.7 cm³/mol. The lowest BCUT2D eigenvalue weighted by molar-refractivity contribution is 0.348. The van der Waals surface area contributed by atoms with E-state index in [0.29, 0.717) is 0 Å². The summed E-state index contributed by atoms with van der Waals surface area (Å²) in [4.78, 5) is 24.7. The molecule has 7 nitrogen and oxygen atoms in total. The van der Waals surface area contributed by atoms with Gasteiger partial charge in [-0.1, -0.05) is 30.3 Å². The molecule has 1 atom stereocenters. The van der Waals surface area contributed by atoms with Crippen molar-refractivity contribution in [3.8, 4) is 11.9 Å². The van der Waals surface area contributed by atoms with Crippen LogP contribution in [-0.4, -0.2) is 9.13 Å². The summed E-state index contributed by atoms with van der Waals surface area (Å²) in [5.41, 5.74) is 5.94. The molecule has 0 radical (unpaired) electrons. The fraction of sp³-hybridized carbons (Fsp3) is 0.188. The first-order valence-corrected chi connectivity index (χ1v) is 6.89. The average molecular weight is 310 g/mol. The van der Waals surface area contributed by atoms with Crippen molar-refractivity contribution in [2.24, 2.45) is 19.8 Å². The van der Waals surface area contributed by atoms with Gasteiger partial charge in [0.1, 0.15) is 11.6 Å². The van der Waals surface area contributed by atoms with Crippen molar-refractivity contribution in [1.82, 2.24) is 9.13 Å². The molecule has 1 aliphatic rings. The van der Waals surface area contributed by atoms with E-state index in [9.17, 15) is 14.9 Å². The van der Waals surface area contributed by atoms with E-state index in [4.69, 9.17) is 10.5 Å². The Kier molecular flexibility index (Phi) is 3.30. The van der Waals surface area contributed by atoms with Gasteiger partial charge in [0.15, 0.2) is 0 Å². The number of fused-ring (bicyclic) bond motifs is 1. The summed E-state index contributed by atoms with van der Waals surface area (Å²) in [6.45, 7) is 0. The predicted octanol–water partition coefficient (Wildman–Crippen LogP) is 0.302. The third-order valence-corrected chi connectivity index (χ3v) is 3.95. The maximum Gasteiger partial charge on any atom is 0.333 e. The van der Waals surface area contributed by atoms with Gasteiger partial charge in [-0.3, -0.25) is 13.9 Å². The van der Waals surface area contributed by atoms with Crippen LogP contribution < -0.4 is 21.7 Å². The zero-order valence-corrected chi connectivity index (χ0v) is 12.6. The average Bonchev–Trinajstić information content (AvgIpc) is 2.57. The van der Waals surface area contributed by atoms with Crippen molar-refractivity contribution in [2.45, 2.75) is 5.92 Å². The lowest BCUT2D eigenvalue weighted by Crippen LogP contribution is -2.42. The number of aromatic nitrogens is 2. The highest BCUT2D eigenvalue weighted by Gasteiger charge is 2.35. The second-order valence-electron chi connectivity index (χ2n) is 5.26. The van der Waals surface area contributed by atoms with Gasteiger partial charge >= 0.3 is 5.69 Å². The monoisotopic (exact) mass is 310 g/mol. The lowest BCUT2D eigenvalue weighted by Gasteiger charge is -2.27. The highest BCUT2D eigenvalue weighted by molar-refractivity contribution is 5.52. The van der Waals surface area contributed by atoms with E-state index in [1.54, 1.807) is 12.1 Å². The lowest BCUT2D eigenvalue weighted by atomic mass is 9.85. The number of ether oxygens (including phenoxy) is 1. The van der Waals surface area contributed by atoms with Gasteiger partial charge in [0, 0.05) is 14.1 Å². The molecular formula is C16H14N4O3. The van der Waals surface area contributed by atoms with Gasteiger partial charge in [-0.15, -0.1) is 0 Å². The van der Waals surface area contributed by atoms with Crippen molar-refractivity contribution >= 4 is 0 Å². The van der Waals surface area contributed by atoms with Crippen molar-refractivity contribution in [3.05, 3.63) is 73.8 Å². The van der Waals surface area contributed by atoms with Crippen LogP contribution in [0.5, 0.6) is 5.88 Å². The topological polar surface area (TPSA) is 103 Å². The Morgan fingerprint density at radius 1 is 1.17 bits per heavy atom. The number of nitrogens with zero attached hydrogens (tertiary/aromatic N) is 3. The molecule has 2 heterocycles. The molecule has 0 unspecified atom stereocenters. The Hall–Kier alpha value is -3.27. The summed E-state index contributed by atoms with van der Waals surface area (Å²) < 4.78 is 7.63. The van der Waals surface area contributed by atoms with E-state index >= 15 is 0 Å². The molecule has 1 aromatic heterocycles. The highest BCUT2D eigenvalue weighted by Crippen LogP contribution is 2.38. The Labute approximate surface area is 131 Å². The molecule has 0 amide bonds. The molecule has 0 saturated heterocycles. The SMILES string of the molecule is Cn1c2c(c(=O)n(C)c1=O)[C@@H](c1ccccc1)C(C#N)=C(N)O2. The minimum Gasteiger partial charge on any atom is -0.423 e. The Bertz CT molecular complexity index is 977. The Morgan fingerprint density at radius 2 is 1.83 bits per heavy atom. The first kappa shape index (κ1) is 14.7. The van der Waals surface area contributed by atoms with Crippen LogP contribution in [0.2, 0.25) is 0 Å².